The lowest BCUT2D eigenvalue weighted by molar-refractivity contribution is 0.0512. The number of hydrogen-bond acceptors (Lipinski definition) is 5. The van der Waals surface area contributed by atoms with E-state index in [4.69, 9.17) is 9.47 Å². The van der Waals surface area contributed by atoms with Gasteiger partial charge in [0.1, 0.15) is 17.3 Å². The molecule has 0 radical (unpaired) electrons. The molecule has 0 bridgehead atoms. The molecular formula is C33H35FN4O3. The van der Waals surface area contributed by atoms with Crippen molar-refractivity contribution in [2.24, 2.45) is 0 Å². The number of carbonyl (C=O) groups excluding carboxylic acids is 1. The maximum atomic E-state index is 15.8. The van der Waals surface area contributed by atoms with E-state index < -0.39 is 0 Å². The number of halogens is 1. The molecule has 2 N–H and O–H groups in total. The average molecular weight is 555 g/mol. The summed E-state index contributed by atoms with van der Waals surface area (Å²) in [6, 6.07) is 17.5. The lowest BCUT2D eigenvalue weighted by Gasteiger charge is -2.14. The fraction of sp³-hybridized carbons (Fsp3) is 0.333. The van der Waals surface area contributed by atoms with Crippen LogP contribution in [0.2, 0.25) is 0 Å². The first-order valence-electron chi connectivity index (χ1n) is 14.4. The maximum Gasteiger partial charge on any atom is 0.355 e. The van der Waals surface area contributed by atoms with Crippen molar-refractivity contribution >= 4 is 27.6 Å². The van der Waals surface area contributed by atoms with Crippen molar-refractivity contribution in [2.45, 2.75) is 52.6 Å². The number of aromatic nitrogens is 3. The van der Waals surface area contributed by atoms with Crippen molar-refractivity contribution in [1.29, 1.82) is 0 Å². The molecule has 0 saturated carbocycles. The number of carbonyl (C=O) groups is 1. The normalized spacial score (nSPS) is 13.6. The van der Waals surface area contributed by atoms with Gasteiger partial charge in [-0.3, -0.25) is 5.10 Å². The van der Waals surface area contributed by atoms with Gasteiger partial charge in [0, 0.05) is 40.7 Å². The molecule has 7 nitrogen and oxygen atoms in total. The summed E-state index contributed by atoms with van der Waals surface area (Å²) >= 11 is 0. The molecule has 6 rings (SSSR count). The van der Waals surface area contributed by atoms with Gasteiger partial charge in [-0.2, -0.15) is 5.10 Å². The van der Waals surface area contributed by atoms with Gasteiger partial charge in [-0.15, -0.1) is 0 Å². The average Bonchev–Trinajstić information content (AvgIpc) is 3.48. The third-order valence-electron chi connectivity index (χ3n) is 7.87. The minimum absolute atomic E-state index is 0.264. The Bertz CT molecular complexity index is 1720. The Labute approximate surface area is 238 Å². The van der Waals surface area contributed by atoms with E-state index in [9.17, 15) is 4.79 Å². The van der Waals surface area contributed by atoms with Crippen molar-refractivity contribution in [2.75, 3.05) is 19.8 Å². The van der Waals surface area contributed by atoms with Crippen molar-refractivity contribution in [3.8, 4) is 16.9 Å². The van der Waals surface area contributed by atoms with Crippen LogP contribution in [0, 0.1) is 12.7 Å². The highest BCUT2D eigenvalue weighted by molar-refractivity contribution is 6.05. The molecule has 212 valence electrons. The number of nitrogens with one attached hydrogen (secondary N) is 2. The summed E-state index contributed by atoms with van der Waals surface area (Å²) in [5.74, 6) is 0.131. The smallest absolute Gasteiger partial charge is 0.355 e. The van der Waals surface area contributed by atoms with Crippen LogP contribution in [0.25, 0.3) is 32.8 Å². The van der Waals surface area contributed by atoms with Crippen LogP contribution in [0.15, 0.2) is 54.6 Å². The molecule has 8 heteroatoms. The molecule has 41 heavy (non-hydrogen) atoms. The van der Waals surface area contributed by atoms with E-state index in [1.54, 1.807) is 6.07 Å². The Balaban J connectivity index is 1.43. The molecular weight excluding hydrogens is 519 g/mol. The van der Waals surface area contributed by atoms with Crippen molar-refractivity contribution in [1.82, 2.24) is 20.1 Å². The van der Waals surface area contributed by atoms with Gasteiger partial charge in [-0.05, 0) is 75.2 Å². The molecule has 1 aliphatic rings. The molecule has 0 saturated heterocycles. The quantitative estimate of drug-likeness (QED) is 0.173. The highest BCUT2D eigenvalue weighted by atomic mass is 19.1. The van der Waals surface area contributed by atoms with Crippen molar-refractivity contribution in [3.63, 3.8) is 0 Å². The van der Waals surface area contributed by atoms with Crippen LogP contribution in [-0.2, 0) is 24.2 Å². The molecule has 2 aromatic heterocycles. The van der Waals surface area contributed by atoms with Crippen LogP contribution in [0.3, 0.4) is 0 Å². The van der Waals surface area contributed by atoms with E-state index in [0.717, 1.165) is 69.3 Å². The molecule has 0 spiro atoms. The number of fused-ring (bicyclic) bond motifs is 3. The number of rotatable bonds is 7. The van der Waals surface area contributed by atoms with E-state index in [2.05, 4.69) is 33.7 Å². The fourth-order valence-electron chi connectivity index (χ4n) is 6.06. The standard InChI is InChI=1S/C33H35FN4O3/c1-3-40-33(39)32-24(13-9-19-41-28-14-8-11-22-10-4-5-12-23(22)28)25-15-16-26(34)30-29-21(2)36-37-27(29)20-35-17-6-7-18-38(32)31(25)30/h4-5,8,10-12,14-16,35H,3,6-7,9,13,17-20H2,1-2H3,(H,36,37). The topological polar surface area (TPSA) is 81.2 Å². The Morgan fingerprint density at radius 3 is 2.78 bits per heavy atom. The van der Waals surface area contributed by atoms with Gasteiger partial charge in [0.25, 0.3) is 0 Å². The first-order chi connectivity index (χ1) is 20.1. The Kier molecular flexibility index (Phi) is 7.74. The predicted octanol–water partition coefficient (Wildman–Crippen LogP) is 6.70. The molecule has 0 aliphatic carbocycles. The van der Waals surface area contributed by atoms with E-state index in [1.807, 2.05) is 42.7 Å². The largest absolute Gasteiger partial charge is 0.493 e. The highest BCUT2D eigenvalue weighted by Crippen LogP contribution is 2.40. The Morgan fingerprint density at radius 1 is 1.05 bits per heavy atom. The van der Waals surface area contributed by atoms with E-state index in [-0.39, 0.29) is 18.4 Å². The first kappa shape index (κ1) is 27.0. The summed E-state index contributed by atoms with van der Waals surface area (Å²) in [6.07, 6.45) is 3.03. The SMILES string of the molecule is CCOC(=O)c1c(CCCOc2cccc3ccccc23)c2ccc(F)c3c2n1CCCCNCc1n[nH]c(C)c1-3. The minimum Gasteiger partial charge on any atom is -0.493 e. The molecule has 3 aromatic carbocycles. The number of benzene rings is 3. The van der Waals surface area contributed by atoms with Gasteiger partial charge in [-0.25, -0.2) is 9.18 Å². The number of nitrogens with zero attached hydrogens (tertiary/aromatic N) is 2. The van der Waals surface area contributed by atoms with Crippen LogP contribution in [0.4, 0.5) is 4.39 Å². The number of H-pyrrole nitrogens is 1. The van der Waals surface area contributed by atoms with Crippen molar-refractivity contribution < 1.29 is 18.7 Å². The Morgan fingerprint density at radius 2 is 1.90 bits per heavy atom. The second-order valence-electron chi connectivity index (χ2n) is 10.5. The second kappa shape index (κ2) is 11.7. The van der Waals surface area contributed by atoms with Gasteiger partial charge < -0.3 is 19.4 Å². The lowest BCUT2D eigenvalue weighted by atomic mass is 9.97. The zero-order valence-electron chi connectivity index (χ0n) is 23.6. The monoisotopic (exact) mass is 554 g/mol. The number of aryl methyl sites for hydroxylation is 3. The summed E-state index contributed by atoms with van der Waals surface area (Å²) in [4.78, 5) is 13.5. The highest BCUT2D eigenvalue weighted by Gasteiger charge is 2.29. The second-order valence-corrected chi connectivity index (χ2v) is 10.5. The van der Waals surface area contributed by atoms with Crippen LogP contribution in [0.1, 0.15) is 53.6 Å². The summed E-state index contributed by atoms with van der Waals surface area (Å²) in [6.45, 7) is 6.40. The summed E-state index contributed by atoms with van der Waals surface area (Å²) in [5.41, 5.74) is 4.91. The maximum absolute atomic E-state index is 15.8. The van der Waals surface area contributed by atoms with Gasteiger partial charge in [0.05, 0.1) is 24.4 Å². The van der Waals surface area contributed by atoms with Gasteiger partial charge in [0.2, 0.25) is 0 Å². The van der Waals surface area contributed by atoms with Gasteiger partial charge >= 0.3 is 5.97 Å². The van der Waals surface area contributed by atoms with Crippen LogP contribution >= 0.6 is 0 Å². The third kappa shape index (κ3) is 5.08. The number of esters is 1. The number of hydrogen-bond donors (Lipinski definition) is 2. The predicted molar refractivity (Wildman–Crippen MR) is 159 cm³/mol. The third-order valence-corrected chi connectivity index (χ3v) is 7.87. The zero-order valence-corrected chi connectivity index (χ0v) is 23.6. The molecule has 1 aliphatic heterocycles. The van der Waals surface area contributed by atoms with E-state index in [1.165, 1.54) is 6.07 Å². The van der Waals surface area contributed by atoms with Crippen LogP contribution < -0.4 is 10.1 Å². The fourth-order valence-corrected chi connectivity index (χ4v) is 6.06. The van der Waals surface area contributed by atoms with Crippen LogP contribution in [-0.4, -0.2) is 40.5 Å². The first-order valence-corrected chi connectivity index (χ1v) is 14.4. The molecule has 3 heterocycles. The van der Waals surface area contributed by atoms with Gasteiger partial charge in [-0.1, -0.05) is 36.4 Å². The lowest BCUT2D eigenvalue weighted by Crippen LogP contribution is -2.17. The molecule has 0 fully saturated rings. The molecule has 5 aromatic rings. The van der Waals surface area contributed by atoms with Crippen molar-refractivity contribution in [3.05, 3.63) is 83.1 Å². The molecule has 0 unspecified atom stereocenters. The summed E-state index contributed by atoms with van der Waals surface area (Å²) in [5, 5.41) is 14.0. The summed E-state index contributed by atoms with van der Waals surface area (Å²) in [7, 11) is 0. The summed E-state index contributed by atoms with van der Waals surface area (Å²) < 4.78 is 29.6. The van der Waals surface area contributed by atoms with E-state index >= 15 is 4.39 Å². The Hall–Kier alpha value is -4.17. The molecule has 0 atom stereocenters. The molecule has 0 amide bonds. The number of ether oxygens (including phenoxy) is 2. The number of aromatic amines is 1. The minimum atomic E-state index is -0.378. The zero-order chi connectivity index (χ0) is 28.3. The van der Waals surface area contributed by atoms with Crippen LogP contribution in [0.5, 0.6) is 5.75 Å². The van der Waals surface area contributed by atoms with Gasteiger partial charge in [0.15, 0.2) is 0 Å². The van der Waals surface area contributed by atoms with E-state index in [0.29, 0.717) is 43.8 Å².